The summed E-state index contributed by atoms with van der Waals surface area (Å²) in [6.07, 6.45) is 8.88. The molecule has 104 valence electrons. The van der Waals surface area contributed by atoms with Gasteiger partial charge in [-0.25, -0.2) is 0 Å². The number of carbonyl (C=O) groups is 1. The molecule has 1 aromatic rings. The molecule has 1 heterocycles. The zero-order chi connectivity index (χ0) is 13.7. The van der Waals surface area contributed by atoms with Gasteiger partial charge in [-0.1, -0.05) is 19.3 Å². The van der Waals surface area contributed by atoms with Gasteiger partial charge in [0.15, 0.2) is 0 Å². The maximum Gasteiger partial charge on any atom is 0.252 e. The Morgan fingerprint density at radius 3 is 2.84 bits per heavy atom. The fourth-order valence-electron chi connectivity index (χ4n) is 2.73. The number of rotatable bonds is 4. The van der Waals surface area contributed by atoms with Crippen LogP contribution in [0.4, 0.5) is 0 Å². The lowest BCUT2D eigenvalue weighted by Crippen LogP contribution is -2.46. The molecule has 0 spiro atoms. The van der Waals surface area contributed by atoms with E-state index in [9.17, 15) is 9.90 Å². The summed E-state index contributed by atoms with van der Waals surface area (Å²) in [5.41, 5.74) is -0.292. The van der Waals surface area contributed by atoms with Crippen LogP contribution in [-0.4, -0.2) is 28.1 Å². The summed E-state index contributed by atoms with van der Waals surface area (Å²) in [4.78, 5) is 15.8. The molecule has 2 N–H and O–H groups in total. The van der Waals surface area contributed by atoms with Gasteiger partial charge in [-0.15, -0.1) is 0 Å². The molecule has 0 bridgehead atoms. The molecule has 1 aliphatic carbocycles. The van der Waals surface area contributed by atoms with Crippen molar-refractivity contribution >= 4 is 5.91 Å². The first-order valence-corrected chi connectivity index (χ1v) is 7.00. The van der Waals surface area contributed by atoms with Gasteiger partial charge in [0.25, 0.3) is 5.91 Å². The van der Waals surface area contributed by atoms with Gasteiger partial charge in [0, 0.05) is 18.9 Å². The van der Waals surface area contributed by atoms with Crippen LogP contribution < -0.4 is 5.32 Å². The van der Waals surface area contributed by atoms with Gasteiger partial charge < -0.3 is 10.4 Å². The average molecular weight is 262 g/mol. The molecule has 19 heavy (non-hydrogen) atoms. The third-order valence-electron chi connectivity index (χ3n) is 4.02. The molecular formula is C15H22N2O2. The highest BCUT2D eigenvalue weighted by molar-refractivity contribution is 5.93. The number of hydrogen-bond donors (Lipinski definition) is 2. The molecule has 4 heteroatoms. The lowest BCUT2D eigenvalue weighted by molar-refractivity contribution is -0.0143. The Bertz CT molecular complexity index is 411. The van der Waals surface area contributed by atoms with E-state index in [4.69, 9.17) is 0 Å². The zero-order valence-corrected chi connectivity index (χ0v) is 11.4. The summed E-state index contributed by atoms with van der Waals surface area (Å²) >= 11 is 0. The number of pyridine rings is 1. The van der Waals surface area contributed by atoms with Crippen molar-refractivity contribution in [2.75, 3.05) is 6.54 Å². The molecule has 4 nitrogen and oxygen atoms in total. The number of amides is 1. The minimum Gasteiger partial charge on any atom is -0.388 e. The highest BCUT2D eigenvalue weighted by Crippen LogP contribution is 2.32. The minimum atomic E-state index is -0.821. The molecule has 1 saturated carbocycles. The summed E-state index contributed by atoms with van der Waals surface area (Å²) < 4.78 is 0. The lowest BCUT2D eigenvalue weighted by Gasteiger charge is -2.35. The van der Waals surface area contributed by atoms with Crippen LogP contribution >= 0.6 is 0 Å². The third kappa shape index (κ3) is 3.77. The van der Waals surface area contributed by atoms with Gasteiger partial charge >= 0.3 is 0 Å². The Balaban J connectivity index is 1.88. The molecule has 1 unspecified atom stereocenters. The Morgan fingerprint density at radius 2 is 2.21 bits per heavy atom. The van der Waals surface area contributed by atoms with E-state index in [0.717, 1.165) is 12.8 Å². The summed E-state index contributed by atoms with van der Waals surface area (Å²) in [7, 11) is 0. The van der Waals surface area contributed by atoms with Crippen molar-refractivity contribution in [3.63, 3.8) is 0 Å². The zero-order valence-electron chi connectivity index (χ0n) is 11.4. The van der Waals surface area contributed by atoms with Crippen molar-refractivity contribution in [3.8, 4) is 0 Å². The summed E-state index contributed by atoms with van der Waals surface area (Å²) in [6, 6.07) is 3.45. The van der Waals surface area contributed by atoms with Gasteiger partial charge in [0.05, 0.1) is 11.2 Å². The molecule has 1 aliphatic rings. The first kappa shape index (κ1) is 14.0. The second-order valence-corrected chi connectivity index (χ2v) is 5.62. The van der Waals surface area contributed by atoms with Crippen LogP contribution in [0.2, 0.25) is 0 Å². The molecule has 1 fully saturated rings. The van der Waals surface area contributed by atoms with E-state index in [-0.39, 0.29) is 11.8 Å². The smallest absolute Gasteiger partial charge is 0.252 e. The predicted molar refractivity (Wildman–Crippen MR) is 73.8 cm³/mol. The van der Waals surface area contributed by atoms with Gasteiger partial charge in [-0.3, -0.25) is 9.78 Å². The number of nitrogens with one attached hydrogen (secondary N) is 1. The van der Waals surface area contributed by atoms with Crippen LogP contribution in [0.5, 0.6) is 0 Å². The Labute approximate surface area is 114 Å². The van der Waals surface area contributed by atoms with E-state index in [1.165, 1.54) is 25.5 Å². The van der Waals surface area contributed by atoms with E-state index in [0.29, 0.717) is 12.1 Å². The van der Waals surface area contributed by atoms with Crippen molar-refractivity contribution in [2.24, 2.45) is 5.92 Å². The quantitative estimate of drug-likeness (QED) is 0.874. The van der Waals surface area contributed by atoms with E-state index in [1.54, 1.807) is 18.3 Å². The van der Waals surface area contributed by atoms with E-state index < -0.39 is 5.60 Å². The van der Waals surface area contributed by atoms with E-state index in [1.807, 2.05) is 6.92 Å². The lowest BCUT2D eigenvalue weighted by atomic mass is 9.78. The van der Waals surface area contributed by atoms with Crippen LogP contribution in [0.25, 0.3) is 0 Å². The molecule has 0 aromatic carbocycles. The second-order valence-electron chi connectivity index (χ2n) is 5.62. The normalized spacial score (nSPS) is 19.7. The van der Waals surface area contributed by atoms with Crippen LogP contribution in [0, 0.1) is 5.92 Å². The maximum atomic E-state index is 11.9. The first-order valence-electron chi connectivity index (χ1n) is 7.00. The number of hydrogen-bond acceptors (Lipinski definition) is 3. The van der Waals surface area contributed by atoms with Crippen molar-refractivity contribution in [1.82, 2.24) is 10.3 Å². The molecular weight excluding hydrogens is 240 g/mol. The highest BCUT2D eigenvalue weighted by Gasteiger charge is 2.33. The summed E-state index contributed by atoms with van der Waals surface area (Å²) in [6.45, 7) is 2.12. The predicted octanol–water partition coefficient (Wildman–Crippen LogP) is 2.14. The Kier molecular flexibility index (Phi) is 4.53. The van der Waals surface area contributed by atoms with E-state index in [2.05, 4.69) is 10.3 Å². The number of nitrogens with zero attached hydrogens (tertiary/aromatic N) is 1. The molecule has 1 aromatic heterocycles. The third-order valence-corrected chi connectivity index (χ3v) is 4.02. The molecule has 1 amide bonds. The van der Waals surface area contributed by atoms with Crippen molar-refractivity contribution in [1.29, 1.82) is 0 Å². The van der Waals surface area contributed by atoms with E-state index >= 15 is 0 Å². The summed E-state index contributed by atoms with van der Waals surface area (Å²) in [5.74, 6) is 0.111. The summed E-state index contributed by atoms with van der Waals surface area (Å²) in [5, 5.41) is 13.3. The van der Waals surface area contributed by atoms with Crippen LogP contribution in [0.15, 0.2) is 24.5 Å². The van der Waals surface area contributed by atoms with Crippen LogP contribution in [-0.2, 0) is 0 Å². The standard InChI is InChI=1S/C15H22N2O2/c1-15(19,13-7-3-2-4-8-13)11-17-14(18)12-6-5-9-16-10-12/h5-6,9-10,13,19H,2-4,7-8,11H2,1H3,(H,17,18). The first-order chi connectivity index (χ1) is 9.09. The monoisotopic (exact) mass is 262 g/mol. The van der Waals surface area contributed by atoms with Crippen molar-refractivity contribution < 1.29 is 9.90 Å². The fourth-order valence-corrected chi connectivity index (χ4v) is 2.73. The van der Waals surface area contributed by atoms with Crippen LogP contribution in [0.1, 0.15) is 49.4 Å². The SMILES string of the molecule is CC(O)(CNC(=O)c1cccnc1)C1CCCCC1. The average Bonchev–Trinajstić information content (AvgIpc) is 2.47. The van der Waals surface area contributed by atoms with Crippen LogP contribution in [0.3, 0.4) is 0 Å². The fraction of sp³-hybridized carbons (Fsp3) is 0.600. The van der Waals surface area contributed by atoms with Crippen molar-refractivity contribution in [3.05, 3.63) is 30.1 Å². The van der Waals surface area contributed by atoms with Gasteiger partial charge in [-0.05, 0) is 37.8 Å². The molecule has 0 radical (unpaired) electrons. The largest absolute Gasteiger partial charge is 0.388 e. The molecule has 2 rings (SSSR count). The number of aromatic nitrogens is 1. The number of carbonyl (C=O) groups excluding carboxylic acids is 1. The van der Waals surface area contributed by atoms with Gasteiger partial charge in [0.1, 0.15) is 0 Å². The maximum absolute atomic E-state index is 11.9. The second kappa shape index (κ2) is 6.15. The van der Waals surface area contributed by atoms with Gasteiger partial charge in [-0.2, -0.15) is 0 Å². The molecule has 0 aliphatic heterocycles. The van der Waals surface area contributed by atoms with Crippen molar-refractivity contribution in [2.45, 2.75) is 44.6 Å². The molecule has 1 atom stereocenters. The minimum absolute atomic E-state index is 0.177. The Hall–Kier alpha value is -1.42. The van der Waals surface area contributed by atoms with Gasteiger partial charge in [0.2, 0.25) is 0 Å². The number of aliphatic hydroxyl groups is 1. The molecule has 0 saturated heterocycles. The highest BCUT2D eigenvalue weighted by atomic mass is 16.3. The topological polar surface area (TPSA) is 62.2 Å². The Morgan fingerprint density at radius 1 is 1.47 bits per heavy atom.